The molecule has 1 aliphatic rings. The summed E-state index contributed by atoms with van der Waals surface area (Å²) < 4.78 is 7.20. The summed E-state index contributed by atoms with van der Waals surface area (Å²) in [5, 5.41) is 7.88. The van der Waals surface area contributed by atoms with E-state index in [4.69, 9.17) is 9.52 Å². The van der Waals surface area contributed by atoms with Gasteiger partial charge in [0.05, 0.1) is 35.2 Å². The number of hydrogen-bond acceptors (Lipinski definition) is 5. The molecule has 0 fully saturated rings. The highest BCUT2D eigenvalue weighted by molar-refractivity contribution is 8.00. The lowest BCUT2D eigenvalue weighted by molar-refractivity contribution is -0.123. The molecule has 7 nitrogen and oxygen atoms in total. The van der Waals surface area contributed by atoms with Crippen LogP contribution in [0.1, 0.15) is 33.3 Å². The van der Waals surface area contributed by atoms with Crippen LogP contribution in [0.3, 0.4) is 0 Å². The van der Waals surface area contributed by atoms with Crippen LogP contribution in [0.4, 0.5) is 5.82 Å². The van der Waals surface area contributed by atoms with Gasteiger partial charge in [-0.3, -0.25) is 14.5 Å². The van der Waals surface area contributed by atoms with E-state index in [-0.39, 0.29) is 35.9 Å². The van der Waals surface area contributed by atoms with Gasteiger partial charge in [0.25, 0.3) is 0 Å². The molecular weight excluding hydrogens is 532 g/mol. The van der Waals surface area contributed by atoms with Gasteiger partial charge in [0.15, 0.2) is 0 Å². The number of nitrogens with one attached hydrogen (secondary N) is 1. The molecular formula is C33H30N4O3S. The molecule has 206 valence electrons. The van der Waals surface area contributed by atoms with E-state index in [1.807, 2.05) is 78.3 Å². The van der Waals surface area contributed by atoms with Crippen LogP contribution in [0, 0.1) is 13.8 Å². The van der Waals surface area contributed by atoms with Crippen molar-refractivity contribution >= 4 is 29.4 Å². The Balaban J connectivity index is 1.54. The van der Waals surface area contributed by atoms with Crippen LogP contribution in [0.15, 0.2) is 102 Å². The van der Waals surface area contributed by atoms with Gasteiger partial charge < -0.3 is 9.73 Å². The molecule has 3 aromatic carbocycles. The Kier molecular flexibility index (Phi) is 7.48. The van der Waals surface area contributed by atoms with Gasteiger partial charge in [-0.25, -0.2) is 4.68 Å². The number of carbonyl (C=O) groups excluding carboxylic acids is 2. The Hall–Kier alpha value is -4.56. The summed E-state index contributed by atoms with van der Waals surface area (Å²) in [6.45, 7) is 4.23. The molecule has 5 aromatic rings. The fourth-order valence-electron chi connectivity index (χ4n) is 5.12. The van der Waals surface area contributed by atoms with E-state index in [1.54, 1.807) is 35.1 Å². The number of furan rings is 1. The quantitative estimate of drug-likeness (QED) is 0.254. The maximum Gasteiger partial charge on any atom is 0.240 e. The minimum absolute atomic E-state index is 0.140. The van der Waals surface area contributed by atoms with Crippen molar-refractivity contribution in [2.45, 2.75) is 25.6 Å². The zero-order valence-corrected chi connectivity index (χ0v) is 23.7. The number of aromatic nitrogens is 2. The van der Waals surface area contributed by atoms with Crippen molar-refractivity contribution in [3.05, 3.63) is 125 Å². The number of rotatable bonds is 7. The molecule has 1 N–H and O–H groups in total. The predicted octanol–water partition coefficient (Wildman–Crippen LogP) is 6.23. The summed E-state index contributed by atoms with van der Waals surface area (Å²) in [6, 6.07) is 29.9. The second-order valence-corrected chi connectivity index (χ2v) is 11.2. The van der Waals surface area contributed by atoms with Crippen LogP contribution in [-0.2, 0) is 16.1 Å². The molecule has 0 saturated carbocycles. The summed E-state index contributed by atoms with van der Waals surface area (Å²) in [7, 11) is 0. The lowest BCUT2D eigenvalue weighted by Gasteiger charge is -2.23. The van der Waals surface area contributed by atoms with E-state index < -0.39 is 0 Å². The number of amides is 2. The van der Waals surface area contributed by atoms with E-state index in [0.29, 0.717) is 11.6 Å². The first kappa shape index (κ1) is 26.7. The SMILES string of the molecule is Cc1ccc(-n2nc(-c3ccccc3)c3c2N(CC(=O)NCc2ccco2)C(=O)CSC3c2ccccc2C)cc1. The molecule has 0 saturated heterocycles. The fraction of sp³-hybridized carbons (Fsp3) is 0.182. The van der Waals surface area contributed by atoms with Crippen LogP contribution in [0.25, 0.3) is 16.9 Å². The summed E-state index contributed by atoms with van der Waals surface area (Å²) in [6.07, 6.45) is 1.57. The summed E-state index contributed by atoms with van der Waals surface area (Å²) in [4.78, 5) is 28.7. The molecule has 0 spiro atoms. The molecule has 1 atom stereocenters. The molecule has 0 aliphatic carbocycles. The van der Waals surface area contributed by atoms with Crippen molar-refractivity contribution in [3.63, 3.8) is 0 Å². The molecule has 2 aromatic heterocycles. The largest absolute Gasteiger partial charge is 0.467 e. The Morgan fingerprint density at radius 3 is 2.46 bits per heavy atom. The maximum absolute atomic E-state index is 13.9. The molecule has 1 aliphatic heterocycles. The highest BCUT2D eigenvalue weighted by atomic mass is 32.2. The topological polar surface area (TPSA) is 80.4 Å². The Bertz CT molecular complexity index is 1680. The Labute approximate surface area is 243 Å². The second kappa shape index (κ2) is 11.5. The van der Waals surface area contributed by atoms with Crippen LogP contribution in [0.5, 0.6) is 0 Å². The minimum atomic E-state index is -0.280. The van der Waals surface area contributed by atoms with Crippen LogP contribution < -0.4 is 10.2 Å². The van der Waals surface area contributed by atoms with Crippen LogP contribution >= 0.6 is 11.8 Å². The van der Waals surface area contributed by atoms with Gasteiger partial charge in [0, 0.05) is 11.1 Å². The zero-order valence-electron chi connectivity index (χ0n) is 22.9. The maximum atomic E-state index is 13.9. The highest BCUT2D eigenvalue weighted by Gasteiger charge is 2.38. The van der Waals surface area contributed by atoms with Crippen molar-refractivity contribution < 1.29 is 14.0 Å². The second-order valence-electron chi connectivity index (χ2n) is 10.1. The molecule has 2 amide bonds. The number of anilines is 1. The number of nitrogens with zero attached hydrogens (tertiary/aromatic N) is 3. The van der Waals surface area contributed by atoms with Gasteiger partial charge >= 0.3 is 0 Å². The van der Waals surface area contributed by atoms with E-state index in [2.05, 4.69) is 24.4 Å². The van der Waals surface area contributed by atoms with E-state index >= 15 is 0 Å². The average Bonchev–Trinajstić information content (AvgIpc) is 3.62. The van der Waals surface area contributed by atoms with E-state index in [0.717, 1.165) is 39.2 Å². The molecule has 8 heteroatoms. The van der Waals surface area contributed by atoms with E-state index in [1.165, 1.54) is 0 Å². The van der Waals surface area contributed by atoms with Gasteiger partial charge in [-0.05, 0) is 49.2 Å². The number of aryl methyl sites for hydroxylation is 2. The Morgan fingerprint density at radius 1 is 0.976 bits per heavy atom. The monoisotopic (exact) mass is 562 g/mol. The third kappa shape index (κ3) is 5.43. The standard InChI is InChI=1S/C33H30N4O3S/c1-22-14-16-25(17-15-22)37-33-30(31(35-37)24-10-4-3-5-11-24)32(27-13-7-6-9-23(27)2)41-21-29(39)36(33)20-28(38)34-19-26-12-8-18-40-26/h3-18,32H,19-21H2,1-2H3,(H,34,38). The van der Waals surface area contributed by atoms with Gasteiger partial charge in [0.1, 0.15) is 18.1 Å². The normalized spacial score (nSPS) is 14.9. The summed E-state index contributed by atoms with van der Waals surface area (Å²) in [5.41, 5.74) is 6.85. The van der Waals surface area contributed by atoms with Gasteiger partial charge in [0.2, 0.25) is 11.8 Å². The molecule has 3 heterocycles. The van der Waals surface area contributed by atoms with Crippen molar-refractivity contribution in [1.82, 2.24) is 15.1 Å². The number of thioether (sulfide) groups is 1. The average molecular weight is 563 g/mol. The first-order chi connectivity index (χ1) is 20.0. The third-order valence-electron chi connectivity index (χ3n) is 7.23. The third-order valence-corrected chi connectivity index (χ3v) is 8.46. The molecule has 6 rings (SSSR count). The summed E-state index contributed by atoms with van der Waals surface area (Å²) >= 11 is 1.57. The fourth-order valence-corrected chi connectivity index (χ4v) is 6.41. The first-order valence-corrected chi connectivity index (χ1v) is 14.6. The number of fused-ring (bicyclic) bond motifs is 1. The molecule has 1 unspecified atom stereocenters. The zero-order chi connectivity index (χ0) is 28.3. The van der Waals surface area contributed by atoms with Crippen LogP contribution in [-0.4, -0.2) is 33.9 Å². The number of benzene rings is 3. The molecule has 41 heavy (non-hydrogen) atoms. The van der Waals surface area contributed by atoms with Crippen LogP contribution in [0.2, 0.25) is 0 Å². The van der Waals surface area contributed by atoms with Crippen molar-refractivity contribution in [2.24, 2.45) is 0 Å². The molecule has 0 bridgehead atoms. The van der Waals surface area contributed by atoms with Gasteiger partial charge in [-0.2, -0.15) is 5.10 Å². The first-order valence-electron chi connectivity index (χ1n) is 13.5. The lowest BCUT2D eigenvalue weighted by Crippen LogP contribution is -2.42. The summed E-state index contributed by atoms with van der Waals surface area (Å²) in [5.74, 6) is 1.06. The lowest BCUT2D eigenvalue weighted by atomic mass is 9.97. The molecule has 0 radical (unpaired) electrons. The van der Waals surface area contributed by atoms with Crippen molar-refractivity contribution in [2.75, 3.05) is 17.2 Å². The van der Waals surface area contributed by atoms with Gasteiger partial charge in [-0.15, -0.1) is 11.8 Å². The number of hydrogen-bond donors (Lipinski definition) is 1. The van der Waals surface area contributed by atoms with Crippen molar-refractivity contribution in [1.29, 1.82) is 0 Å². The Morgan fingerprint density at radius 2 is 1.73 bits per heavy atom. The van der Waals surface area contributed by atoms with E-state index in [9.17, 15) is 9.59 Å². The van der Waals surface area contributed by atoms with Crippen molar-refractivity contribution in [3.8, 4) is 16.9 Å². The number of carbonyl (C=O) groups is 2. The predicted molar refractivity (Wildman–Crippen MR) is 162 cm³/mol. The minimum Gasteiger partial charge on any atom is -0.467 e. The van der Waals surface area contributed by atoms with Gasteiger partial charge in [-0.1, -0.05) is 72.3 Å². The highest BCUT2D eigenvalue weighted by Crippen LogP contribution is 2.49. The smallest absolute Gasteiger partial charge is 0.240 e.